The minimum atomic E-state index is -0.333. The van der Waals surface area contributed by atoms with Gasteiger partial charge in [0, 0.05) is 11.6 Å². The fourth-order valence-corrected chi connectivity index (χ4v) is 1.68. The van der Waals surface area contributed by atoms with Crippen LogP contribution < -0.4 is 5.32 Å². The molecule has 0 aliphatic heterocycles. The van der Waals surface area contributed by atoms with Gasteiger partial charge >= 0.3 is 0 Å². The van der Waals surface area contributed by atoms with Gasteiger partial charge in [-0.05, 0) is 43.7 Å². The lowest BCUT2D eigenvalue weighted by Gasteiger charge is -2.11. The summed E-state index contributed by atoms with van der Waals surface area (Å²) in [6.45, 7) is 2.62. The molecule has 2 nitrogen and oxygen atoms in total. The largest absolute Gasteiger partial charge is 0.391 e. The van der Waals surface area contributed by atoms with E-state index in [4.69, 9.17) is 11.6 Å². The molecule has 0 fully saturated rings. The number of benzene rings is 1. The van der Waals surface area contributed by atoms with Gasteiger partial charge in [0.1, 0.15) is 0 Å². The fraction of sp³-hybridized carbons (Fsp3) is 0.455. The second-order valence-electron chi connectivity index (χ2n) is 3.49. The highest BCUT2D eigenvalue weighted by molar-refractivity contribution is 6.30. The monoisotopic (exact) mass is 213 g/mol. The summed E-state index contributed by atoms with van der Waals surface area (Å²) < 4.78 is 0. The zero-order chi connectivity index (χ0) is 10.6. The molecule has 0 aliphatic carbocycles. The van der Waals surface area contributed by atoms with Crippen LogP contribution in [0.15, 0.2) is 18.2 Å². The third-order valence-electron chi connectivity index (χ3n) is 2.20. The Morgan fingerprint density at radius 2 is 2.21 bits per heavy atom. The molecule has 0 heterocycles. The van der Waals surface area contributed by atoms with Gasteiger partial charge in [-0.3, -0.25) is 0 Å². The van der Waals surface area contributed by atoms with E-state index < -0.39 is 0 Å². The highest BCUT2D eigenvalue weighted by Crippen LogP contribution is 2.16. The van der Waals surface area contributed by atoms with Crippen molar-refractivity contribution >= 4 is 11.6 Å². The Hall–Kier alpha value is -0.570. The van der Waals surface area contributed by atoms with Crippen LogP contribution >= 0.6 is 11.6 Å². The van der Waals surface area contributed by atoms with Crippen molar-refractivity contribution in [3.63, 3.8) is 0 Å². The van der Waals surface area contributed by atoms with Crippen LogP contribution in [-0.2, 0) is 6.42 Å². The summed E-state index contributed by atoms with van der Waals surface area (Å²) in [7, 11) is 1.83. The van der Waals surface area contributed by atoms with Gasteiger partial charge in [-0.15, -0.1) is 0 Å². The third-order valence-corrected chi connectivity index (χ3v) is 2.44. The molecule has 2 N–H and O–H groups in total. The Kier molecular flexibility index (Phi) is 4.39. The quantitative estimate of drug-likeness (QED) is 0.799. The van der Waals surface area contributed by atoms with Crippen molar-refractivity contribution in [3.8, 4) is 0 Å². The maximum absolute atomic E-state index is 9.60. The van der Waals surface area contributed by atoms with E-state index in [-0.39, 0.29) is 6.10 Å². The molecule has 3 heteroatoms. The Balaban J connectivity index is 2.67. The molecule has 0 saturated carbocycles. The van der Waals surface area contributed by atoms with E-state index in [1.165, 1.54) is 0 Å². The number of halogens is 1. The minimum Gasteiger partial charge on any atom is -0.391 e. The third kappa shape index (κ3) is 3.29. The summed E-state index contributed by atoms with van der Waals surface area (Å²) >= 11 is 5.84. The number of likely N-dealkylation sites (N-methyl/N-ethyl adjacent to an activating group) is 1. The topological polar surface area (TPSA) is 32.3 Å². The lowest BCUT2D eigenvalue weighted by Crippen LogP contribution is -2.25. The summed E-state index contributed by atoms with van der Waals surface area (Å²) in [5.74, 6) is 0. The van der Waals surface area contributed by atoms with Crippen molar-refractivity contribution < 1.29 is 5.11 Å². The van der Waals surface area contributed by atoms with Crippen LogP contribution in [0, 0.1) is 6.92 Å². The number of aliphatic hydroxyl groups is 1. The van der Waals surface area contributed by atoms with Gasteiger partial charge in [0.05, 0.1) is 6.10 Å². The van der Waals surface area contributed by atoms with Crippen molar-refractivity contribution in [1.29, 1.82) is 0 Å². The van der Waals surface area contributed by atoms with Gasteiger partial charge in [-0.2, -0.15) is 0 Å². The molecule has 1 aromatic carbocycles. The lowest BCUT2D eigenvalue weighted by molar-refractivity contribution is 0.174. The molecule has 0 spiro atoms. The van der Waals surface area contributed by atoms with Crippen LogP contribution in [0.5, 0.6) is 0 Å². The number of rotatable bonds is 4. The molecule has 0 radical (unpaired) electrons. The molecule has 14 heavy (non-hydrogen) atoms. The standard InChI is InChI=1S/C11H16ClNO/c1-8-5-10(12)4-3-9(8)6-11(14)7-13-2/h3-5,11,13-14H,6-7H2,1-2H3. The van der Waals surface area contributed by atoms with Crippen LogP contribution in [-0.4, -0.2) is 24.8 Å². The zero-order valence-electron chi connectivity index (χ0n) is 8.55. The maximum atomic E-state index is 9.60. The number of aliphatic hydroxyl groups excluding tert-OH is 1. The Bertz CT molecular complexity index is 301. The minimum absolute atomic E-state index is 0.333. The van der Waals surface area contributed by atoms with Crippen LogP contribution in [0.3, 0.4) is 0 Å². The van der Waals surface area contributed by atoms with Crippen molar-refractivity contribution in [1.82, 2.24) is 5.32 Å². The van der Waals surface area contributed by atoms with E-state index in [1.807, 2.05) is 32.2 Å². The number of nitrogens with one attached hydrogen (secondary N) is 1. The predicted molar refractivity (Wildman–Crippen MR) is 59.8 cm³/mol. The van der Waals surface area contributed by atoms with Gasteiger partial charge in [-0.25, -0.2) is 0 Å². The number of aryl methyl sites for hydroxylation is 1. The first-order chi connectivity index (χ1) is 6.63. The van der Waals surface area contributed by atoms with E-state index in [9.17, 15) is 5.11 Å². The second-order valence-corrected chi connectivity index (χ2v) is 3.92. The van der Waals surface area contributed by atoms with Gasteiger partial charge in [0.15, 0.2) is 0 Å². The molecule has 1 rings (SSSR count). The first kappa shape index (κ1) is 11.5. The smallest absolute Gasteiger partial charge is 0.0704 e. The van der Waals surface area contributed by atoms with Crippen LogP contribution in [0.4, 0.5) is 0 Å². The molecular weight excluding hydrogens is 198 g/mol. The summed E-state index contributed by atoms with van der Waals surface area (Å²) in [5.41, 5.74) is 2.28. The molecular formula is C11H16ClNO. The van der Waals surface area contributed by atoms with E-state index in [2.05, 4.69) is 5.32 Å². The van der Waals surface area contributed by atoms with E-state index >= 15 is 0 Å². The van der Waals surface area contributed by atoms with Crippen molar-refractivity contribution in [2.24, 2.45) is 0 Å². The predicted octanol–water partition coefficient (Wildman–Crippen LogP) is 1.77. The highest BCUT2D eigenvalue weighted by Gasteiger charge is 2.06. The Labute approximate surface area is 89.9 Å². The van der Waals surface area contributed by atoms with Gasteiger partial charge < -0.3 is 10.4 Å². The summed E-state index contributed by atoms with van der Waals surface area (Å²) in [6.07, 6.45) is 0.337. The zero-order valence-corrected chi connectivity index (χ0v) is 9.30. The average molecular weight is 214 g/mol. The molecule has 0 amide bonds. The van der Waals surface area contributed by atoms with Gasteiger partial charge in [0.25, 0.3) is 0 Å². The highest BCUT2D eigenvalue weighted by atomic mass is 35.5. The van der Waals surface area contributed by atoms with Crippen molar-refractivity contribution in [2.75, 3.05) is 13.6 Å². The van der Waals surface area contributed by atoms with E-state index in [0.29, 0.717) is 13.0 Å². The normalized spacial score (nSPS) is 12.9. The van der Waals surface area contributed by atoms with Crippen LogP contribution in [0.1, 0.15) is 11.1 Å². The van der Waals surface area contributed by atoms with Crippen molar-refractivity contribution in [2.45, 2.75) is 19.4 Å². The molecule has 1 atom stereocenters. The van der Waals surface area contributed by atoms with E-state index in [0.717, 1.165) is 16.1 Å². The Morgan fingerprint density at radius 1 is 1.50 bits per heavy atom. The molecule has 0 saturated heterocycles. The number of hydrogen-bond donors (Lipinski definition) is 2. The molecule has 1 aromatic rings. The van der Waals surface area contributed by atoms with Crippen molar-refractivity contribution in [3.05, 3.63) is 34.3 Å². The lowest BCUT2D eigenvalue weighted by atomic mass is 10.0. The second kappa shape index (κ2) is 5.35. The first-order valence-electron chi connectivity index (χ1n) is 4.71. The molecule has 0 aromatic heterocycles. The molecule has 0 bridgehead atoms. The summed E-state index contributed by atoms with van der Waals surface area (Å²) in [4.78, 5) is 0. The van der Waals surface area contributed by atoms with Gasteiger partial charge in [-0.1, -0.05) is 17.7 Å². The molecule has 0 aliphatic rings. The Morgan fingerprint density at radius 3 is 2.79 bits per heavy atom. The van der Waals surface area contributed by atoms with Gasteiger partial charge in [0.2, 0.25) is 0 Å². The average Bonchev–Trinajstić information content (AvgIpc) is 2.10. The first-order valence-corrected chi connectivity index (χ1v) is 5.09. The van der Waals surface area contributed by atoms with Crippen LogP contribution in [0.2, 0.25) is 5.02 Å². The SMILES string of the molecule is CNCC(O)Cc1ccc(Cl)cc1C. The summed E-state index contributed by atoms with van der Waals surface area (Å²) in [5, 5.41) is 13.3. The summed E-state index contributed by atoms with van der Waals surface area (Å²) in [6, 6.07) is 5.75. The van der Waals surface area contributed by atoms with Crippen LogP contribution in [0.25, 0.3) is 0 Å². The number of hydrogen-bond acceptors (Lipinski definition) is 2. The maximum Gasteiger partial charge on any atom is 0.0704 e. The van der Waals surface area contributed by atoms with E-state index in [1.54, 1.807) is 0 Å². The molecule has 78 valence electrons. The fourth-order valence-electron chi connectivity index (χ4n) is 1.45. The molecule has 1 unspecified atom stereocenters.